The molecule has 0 spiro atoms. The maximum atomic E-state index is 13.3. The Morgan fingerprint density at radius 2 is 2.05 bits per heavy atom. The zero-order valence-electron chi connectivity index (χ0n) is 10.6. The predicted octanol–water partition coefficient (Wildman–Crippen LogP) is 1.85. The van der Waals surface area contributed by atoms with Crippen LogP contribution in [0.4, 0.5) is 9.52 Å². The summed E-state index contributed by atoms with van der Waals surface area (Å²) >= 11 is 1.23. The highest BCUT2D eigenvalue weighted by Crippen LogP contribution is 2.14. The molecule has 5 nitrogen and oxygen atoms in total. The number of halogens is 1. The van der Waals surface area contributed by atoms with E-state index < -0.39 is 17.6 Å². The number of benzene rings is 1. The van der Waals surface area contributed by atoms with Crippen LogP contribution < -0.4 is 10.6 Å². The Morgan fingerprint density at radius 3 is 2.70 bits per heavy atom. The number of amides is 2. The first-order valence-electron chi connectivity index (χ1n) is 5.81. The van der Waals surface area contributed by atoms with Crippen LogP contribution in [0.5, 0.6) is 0 Å². The van der Waals surface area contributed by atoms with Gasteiger partial charge in [-0.3, -0.25) is 14.9 Å². The van der Waals surface area contributed by atoms with Crippen molar-refractivity contribution in [1.29, 1.82) is 0 Å². The number of hydrogen-bond donors (Lipinski definition) is 2. The molecule has 7 heteroatoms. The maximum absolute atomic E-state index is 13.3. The number of aryl methyl sites for hydroxylation is 1. The van der Waals surface area contributed by atoms with E-state index in [1.54, 1.807) is 24.4 Å². The van der Waals surface area contributed by atoms with Gasteiger partial charge in [-0.1, -0.05) is 18.2 Å². The molecular weight excluding hydrogens is 281 g/mol. The summed E-state index contributed by atoms with van der Waals surface area (Å²) in [4.78, 5) is 27.2. The van der Waals surface area contributed by atoms with Crippen molar-refractivity contribution < 1.29 is 14.0 Å². The summed E-state index contributed by atoms with van der Waals surface area (Å²) in [5.74, 6) is -2.08. The number of anilines is 1. The Balaban J connectivity index is 1.88. The van der Waals surface area contributed by atoms with Crippen LogP contribution >= 0.6 is 11.3 Å². The van der Waals surface area contributed by atoms with Gasteiger partial charge in [0.25, 0.3) is 0 Å². The molecule has 20 heavy (non-hydrogen) atoms. The van der Waals surface area contributed by atoms with Gasteiger partial charge in [0.05, 0.1) is 5.69 Å². The van der Waals surface area contributed by atoms with Crippen LogP contribution in [0.25, 0.3) is 0 Å². The predicted molar refractivity (Wildman–Crippen MR) is 73.7 cm³/mol. The molecule has 0 radical (unpaired) electrons. The van der Waals surface area contributed by atoms with Gasteiger partial charge in [-0.15, -0.1) is 11.3 Å². The first kappa shape index (κ1) is 14.1. The molecule has 2 aromatic rings. The number of carbonyl (C=O) groups is 2. The molecule has 2 N–H and O–H groups in total. The second kappa shape index (κ2) is 6.25. The molecule has 0 aliphatic carbocycles. The molecule has 1 heterocycles. The number of thiazole rings is 1. The van der Waals surface area contributed by atoms with Gasteiger partial charge < -0.3 is 5.32 Å². The van der Waals surface area contributed by atoms with E-state index in [2.05, 4.69) is 15.6 Å². The summed E-state index contributed by atoms with van der Waals surface area (Å²) in [6.45, 7) is 1.74. The van der Waals surface area contributed by atoms with Crippen LogP contribution in [0.1, 0.15) is 11.3 Å². The van der Waals surface area contributed by atoms with Gasteiger partial charge in [0.1, 0.15) is 5.82 Å². The molecule has 0 aliphatic heterocycles. The summed E-state index contributed by atoms with van der Waals surface area (Å²) in [7, 11) is 0. The van der Waals surface area contributed by atoms with Gasteiger partial charge in [-0.05, 0) is 13.0 Å². The molecule has 1 aromatic carbocycles. The fourth-order valence-electron chi connectivity index (χ4n) is 1.46. The van der Waals surface area contributed by atoms with E-state index >= 15 is 0 Å². The van der Waals surface area contributed by atoms with E-state index in [-0.39, 0.29) is 6.54 Å². The summed E-state index contributed by atoms with van der Waals surface area (Å²) in [5, 5.41) is 6.84. The molecule has 0 saturated carbocycles. The number of aromatic nitrogens is 1. The minimum absolute atomic E-state index is 0.0458. The molecule has 0 aliphatic rings. The number of carbonyl (C=O) groups excluding carboxylic acids is 2. The minimum Gasteiger partial charge on any atom is -0.344 e. The van der Waals surface area contributed by atoms with Crippen LogP contribution in [-0.4, -0.2) is 16.8 Å². The van der Waals surface area contributed by atoms with E-state index in [9.17, 15) is 14.0 Å². The first-order chi connectivity index (χ1) is 9.56. The third-order valence-electron chi connectivity index (χ3n) is 2.44. The number of rotatable bonds is 3. The highest BCUT2D eigenvalue weighted by molar-refractivity contribution is 7.14. The van der Waals surface area contributed by atoms with Crippen LogP contribution in [0.2, 0.25) is 0 Å². The van der Waals surface area contributed by atoms with Crippen LogP contribution in [0.15, 0.2) is 29.6 Å². The standard InChI is InChI=1S/C13H12FN3O2S/c1-8-7-20-13(16-8)17-12(19)11(18)15-6-9-4-2-3-5-10(9)14/h2-5,7H,6H2,1H3,(H,15,18)(H,16,17,19). The molecule has 2 rings (SSSR count). The van der Waals surface area contributed by atoms with Crippen molar-refractivity contribution in [3.05, 3.63) is 46.7 Å². The van der Waals surface area contributed by atoms with Crippen LogP contribution in [0.3, 0.4) is 0 Å². The maximum Gasteiger partial charge on any atom is 0.315 e. The number of hydrogen-bond acceptors (Lipinski definition) is 4. The molecule has 0 saturated heterocycles. The Morgan fingerprint density at radius 1 is 1.30 bits per heavy atom. The normalized spacial score (nSPS) is 10.1. The molecular formula is C13H12FN3O2S. The lowest BCUT2D eigenvalue weighted by Crippen LogP contribution is -2.35. The second-order valence-corrected chi connectivity index (χ2v) is 4.88. The molecule has 1 aromatic heterocycles. The Kier molecular flexibility index (Phi) is 4.41. The van der Waals surface area contributed by atoms with E-state index in [1.165, 1.54) is 23.5 Å². The van der Waals surface area contributed by atoms with Gasteiger partial charge in [-0.25, -0.2) is 9.37 Å². The van der Waals surface area contributed by atoms with Gasteiger partial charge in [0, 0.05) is 17.5 Å². The third-order valence-corrected chi connectivity index (χ3v) is 3.32. The van der Waals surface area contributed by atoms with E-state index in [4.69, 9.17) is 0 Å². The van der Waals surface area contributed by atoms with Gasteiger partial charge >= 0.3 is 11.8 Å². The zero-order valence-corrected chi connectivity index (χ0v) is 11.5. The summed E-state index contributed by atoms with van der Waals surface area (Å²) < 4.78 is 13.3. The van der Waals surface area contributed by atoms with E-state index in [1.807, 2.05) is 0 Å². The quantitative estimate of drug-likeness (QED) is 0.848. The minimum atomic E-state index is -0.832. The van der Waals surface area contributed by atoms with Crippen LogP contribution in [-0.2, 0) is 16.1 Å². The number of nitrogens with zero attached hydrogens (tertiary/aromatic N) is 1. The Labute approximate surface area is 118 Å². The lowest BCUT2D eigenvalue weighted by molar-refractivity contribution is -0.136. The summed E-state index contributed by atoms with van der Waals surface area (Å²) in [5.41, 5.74) is 1.08. The van der Waals surface area contributed by atoms with Gasteiger partial charge in [-0.2, -0.15) is 0 Å². The van der Waals surface area contributed by atoms with Crippen molar-refractivity contribution in [3.63, 3.8) is 0 Å². The number of nitrogens with one attached hydrogen (secondary N) is 2. The van der Waals surface area contributed by atoms with Gasteiger partial charge in [0.15, 0.2) is 5.13 Å². The zero-order chi connectivity index (χ0) is 14.5. The molecule has 0 fully saturated rings. The molecule has 0 bridgehead atoms. The second-order valence-electron chi connectivity index (χ2n) is 4.02. The molecule has 0 unspecified atom stereocenters. The Bertz CT molecular complexity index is 642. The fraction of sp³-hybridized carbons (Fsp3) is 0.154. The average Bonchev–Trinajstić information content (AvgIpc) is 2.82. The average molecular weight is 293 g/mol. The lowest BCUT2D eigenvalue weighted by Gasteiger charge is -2.05. The highest BCUT2D eigenvalue weighted by Gasteiger charge is 2.15. The van der Waals surface area contributed by atoms with Crippen LogP contribution in [0, 0.1) is 12.7 Å². The van der Waals surface area contributed by atoms with Gasteiger partial charge in [0.2, 0.25) is 0 Å². The third kappa shape index (κ3) is 3.61. The largest absolute Gasteiger partial charge is 0.344 e. The Hall–Kier alpha value is -2.28. The van der Waals surface area contributed by atoms with Crippen molar-refractivity contribution >= 4 is 28.3 Å². The lowest BCUT2D eigenvalue weighted by atomic mass is 10.2. The highest BCUT2D eigenvalue weighted by atomic mass is 32.1. The fourth-order valence-corrected chi connectivity index (χ4v) is 2.15. The molecule has 2 amide bonds. The van der Waals surface area contributed by atoms with Crippen molar-refractivity contribution in [2.24, 2.45) is 0 Å². The molecule has 0 atom stereocenters. The first-order valence-corrected chi connectivity index (χ1v) is 6.69. The smallest absolute Gasteiger partial charge is 0.315 e. The summed E-state index contributed by atoms with van der Waals surface area (Å²) in [6.07, 6.45) is 0. The van der Waals surface area contributed by atoms with Crippen molar-refractivity contribution in [1.82, 2.24) is 10.3 Å². The topological polar surface area (TPSA) is 71.1 Å². The monoisotopic (exact) mass is 293 g/mol. The SMILES string of the molecule is Cc1csc(NC(=O)C(=O)NCc2ccccc2F)n1. The van der Waals surface area contributed by atoms with E-state index in [0.717, 1.165) is 5.69 Å². The van der Waals surface area contributed by atoms with E-state index in [0.29, 0.717) is 10.7 Å². The molecule has 104 valence electrons. The van der Waals surface area contributed by atoms with Crippen molar-refractivity contribution in [3.8, 4) is 0 Å². The summed E-state index contributed by atoms with van der Waals surface area (Å²) in [6, 6.07) is 6.04. The van der Waals surface area contributed by atoms with Crippen molar-refractivity contribution in [2.75, 3.05) is 5.32 Å². The van der Waals surface area contributed by atoms with Crippen molar-refractivity contribution in [2.45, 2.75) is 13.5 Å².